The molecule has 3 rings (SSSR count). The van der Waals surface area contributed by atoms with Gasteiger partial charge in [0.1, 0.15) is 5.15 Å². The van der Waals surface area contributed by atoms with Gasteiger partial charge in [0.2, 0.25) is 0 Å². The molecule has 1 aromatic carbocycles. The van der Waals surface area contributed by atoms with Crippen LogP contribution in [0, 0.1) is 0 Å². The fourth-order valence-corrected chi connectivity index (χ4v) is 2.66. The molecule has 4 heteroatoms. The van der Waals surface area contributed by atoms with E-state index in [0.717, 1.165) is 12.2 Å². The fraction of sp³-hybridized carbons (Fsp3) is 0.357. The lowest BCUT2D eigenvalue weighted by molar-refractivity contribution is 0.412. The van der Waals surface area contributed by atoms with Crippen molar-refractivity contribution in [2.24, 2.45) is 0 Å². The van der Waals surface area contributed by atoms with Crippen molar-refractivity contribution in [3.05, 3.63) is 47.2 Å². The standard InChI is InChI=1S/C14H16ClN3/c15-14-8-10-17-18(14)12-6-4-11(5-7-12)13-3-1-2-9-16-13/h4-8,10,13,16H,1-3,9H2. The normalized spacial score (nSPS) is 19.9. The Morgan fingerprint density at radius 1 is 1.17 bits per heavy atom. The number of rotatable bonds is 2. The summed E-state index contributed by atoms with van der Waals surface area (Å²) in [6.45, 7) is 1.12. The number of nitrogens with zero attached hydrogens (tertiary/aromatic N) is 2. The van der Waals surface area contributed by atoms with Crippen molar-refractivity contribution in [3.8, 4) is 5.69 Å². The Morgan fingerprint density at radius 3 is 2.61 bits per heavy atom. The summed E-state index contributed by atoms with van der Waals surface area (Å²) in [4.78, 5) is 0. The minimum Gasteiger partial charge on any atom is -0.310 e. The van der Waals surface area contributed by atoms with E-state index in [4.69, 9.17) is 11.6 Å². The van der Waals surface area contributed by atoms with Crippen LogP contribution in [0.5, 0.6) is 0 Å². The van der Waals surface area contributed by atoms with Gasteiger partial charge in [-0.25, -0.2) is 4.68 Å². The van der Waals surface area contributed by atoms with E-state index >= 15 is 0 Å². The van der Waals surface area contributed by atoms with Crippen molar-refractivity contribution in [3.63, 3.8) is 0 Å². The molecule has 94 valence electrons. The Bertz CT molecular complexity index is 512. The van der Waals surface area contributed by atoms with Crippen LogP contribution < -0.4 is 5.32 Å². The number of halogens is 1. The molecule has 3 nitrogen and oxygen atoms in total. The number of hydrogen-bond donors (Lipinski definition) is 1. The lowest BCUT2D eigenvalue weighted by atomic mass is 9.97. The maximum atomic E-state index is 6.05. The van der Waals surface area contributed by atoms with E-state index in [0.29, 0.717) is 11.2 Å². The number of hydrogen-bond acceptors (Lipinski definition) is 2. The molecule has 18 heavy (non-hydrogen) atoms. The molecule has 1 aromatic heterocycles. The highest BCUT2D eigenvalue weighted by Gasteiger charge is 2.14. The topological polar surface area (TPSA) is 29.9 Å². The summed E-state index contributed by atoms with van der Waals surface area (Å²) in [5.74, 6) is 0. The van der Waals surface area contributed by atoms with E-state index in [-0.39, 0.29) is 0 Å². The van der Waals surface area contributed by atoms with E-state index in [9.17, 15) is 0 Å². The highest BCUT2D eigenvalue weighted by Crippen LogP contribution is 2.24. The van der Waals surface area contributed by atoms with E-state index in [1.807, 2.05) is 0 Å². The molecule has 1 unspecified atom stereocenters. The van der Waals surface area contributed by atoms with Gasteiger partial charge < -0.3 is 5.32 Å². The first kappa shape index (κ1) is 11.8. The smallest absolute Gasteiger partial charge is 0.132 e. The van der Waals surface area contributed by atoms with E-state index in [1.54, 1.807) is 16.9 Å². The molecule has 2 aromatic rings. The second kappa shape index (κ2) is 5.12. The maximum Gasteiger partial charge on any atom is 0.132 e. The molecule has 1 saturated heterocycles. The summed E-state index contributed by atoms with van der Waals surface area (Å²) in [7, 11) is 0. The van der Waals surface area contributed by atoms with Crippen molar-refractivity contribution in [2.75, 3.05) is 6.54 Å². The molecule has 1 fully saturated rings. The largest absolute Gasteiger partial charge is 0.310 e. The van der Waals surface area contributed by atoms with Crippen LogP contribution in [0.1, 0.15) is 30.9 Å². The molecule has 0 aliphatic carbocycles. The highest BCUT2D eigenvalue weighted by molar-refractivity contribution is 6.29. The molecule has 1 atom stereocenters. The summed E-state index contributed by atoms with van der Waals surface area (Å²) in [6.07, 6.45) is 5.53. The first-order valence-electron chi connectivity index (χ1n) is 6.38. The third-order valence-electron chi connectivity index (χ3n) is 3.45. The van der Waals surface area contributed by atoms with Gasteiger partial charge in [0.05, 0.1) is 11.9 Å². The van der Waals surface area contributed by atoms with Crippen LogP contribution in [-0.4, -0.2) is 16.3 Å². The summed E-state index contributed by atoms with van der Waals surface area (Å²) in [5, 5.41) is 8.39. The summed E-state index contributed by atoms with van der Waals surface area (Å²) >= 11 is 6.05. The lowest BCUT2D eigenvalue weighted by Gasteiger charge is -2.23. The van der Waals surface area contributed by atoms with Gasteiger partial charge in [-0.15, -0.1) is 0 Å². The first-order valence-corrected chi connectivity index (χ1v) is 6.75. The molecule has 0 bridgehead atoms. The minimum absolute atomic E-state index is 0.501. The molecule has 0 saturated carbocycles. The Kier molecular flexibility index (Phi) is 3.35. The predicted octanol–water partition coefficient (Wildman–Crippen LogP) is 3.34. The second-order valence-corrected chi connectivity index (χ2v) is 5.05. The molecule has 0 radical (unpaired) electrons. The summed E-state index contributed by atoms with van der Waals surface area (Å²) < 4.78 is 1.74. The average molecular weight is 262 g/mol. The van der Waals surface area contributed by atoms with Gasteiger partial charge in [-0.3, -0.25) is 0 Å². The molecule has 1 aliphatic heterocycles. The average Bonchev–Trinajstić information content (AvgIpc) is 2.86. The highest BCUT2D eigenvalue weighted by atomic mass is 35.5. The number of benzene rings is 1. The van der Waals surface area contributed by atoms with Gasteiger partial charge in [-0.2, -0.15) is 5.10 Å². The van der Waals surface area contributed by atoms with Crippen molar-refractivity contribution in [1.29, 1.82) is 0 Å². The minimum atomic E-state index is 0.501. The molecular formula is C14H16ClN3. The van der Waals surface area contributed by atoms with E-state index in [1.165, 1.54) is 24.8 Å². The van der Waals surface area contributed by atoms with Gasteiger partial charge in [-0.1, -0.05) is 30.2 Å². The number of nitrogens with one attached hydrogen (secondary N) is 1. The predicted molar refractivity (Wildman–Crippen MR) is 73.2 cm³/mol. The zero-order chi connectivity index (χ0) is 12.4. The van der Waals surface area contributed by atoms with Crippen molar-refractivity contribution >= 4 is 11.6 Å². The van der Waals surface area contributed by atoms with Crippen LogP contribution in [-0.2, 0) is 0 Å². The summed E-state index contributed by atoms with van der Waals surface area (Å²) in [5.41, 5.74) is 2.35. The first-order chi connectivity index (χ1) is 8.84. The van der Waals surface area contributed by atoms with E-state index < -0.39 is 0 Å². The van der Waals surface area contributed by atoms with Crippen LogP contribution in [0.25, 0.3) is 5.69 Å². The Balaban J connectivity index is 1.82. The third kappa shape index (κ3) is 2.28. The van der Waals surface area contributed by atoms with Crippen LogP contribution in [0.3, 0.4) is 0 Å². The molecule has 0 spiro atoms. The molecule has 0 amide bonds. The summed E-state index contributed by atoms with van der Waals surface area (Å²) in [6, 6.07) is 10.8. The monoisotopic (exact) mass is 261 g/mol. The van der Waals surface area contributed by atoms with Crippen molar-refractivity contribution < 1.29 is 0 Å². The Labute approximate surface area is 112 Å². The van der Waals surface area contributed by atoms with Crippen LogP contribution in [0.2, 0.25) is 5.15 Å². The maximum absolute atomic E-state index is 6.05. The van der Waals surface area contributed by atoms with Gasteiger partial charge in [0.25, 0.3) is 0 Å². The lowest BCUT2D eigenvalue weighted by Crippen LogP contribution is -2.26. The van der Waals surface area contributed by atoms with Gasteiger partial charge in [0, 0.05) is 6.04 Å². The van der Waals surface area contributed by atoms with Crippen molar-refractivity contribution in [2.45, 2.75) is 25.3 Å². The number of aromatic nitrogens is 2. The van der Waals surface area contributed by atoms with Crippen LogP contribution in [0.15, 0.2) is 36.5 Å². The van der Waals surface area contributed by atoms with Gasteiger partial charge in [-0.05, 0) is 43.1 Å². The SMILES string of the molecule is Clc1ccnn1-c1ccc(C2CCCCN2)cc1. The zero-order valence-electron chi connectivity index (χ0n) is 10.1. The van der Waals surface area contributed by atoms with Gasteiger partial charge >= 0.3 is 0 Å². The quantitative estimate of drug-likeness (QED) is 0.899. The molecule has 1 aliphatic rings. The third-order valence-corrected chi connectivity index (χ3v) is 3.73. The molecular weight excluding hydrogens is 246 g/mol. The second-order valence-electron chi connectivity index (χ2n) is 4.66. The Morgan fingerprint density at radius 2 is 2.00 bits per heavy atom. The zero-order valence-corrected chi connectivity index (χ0v) is 10.9. The van der Waals surface area contributed by atoms with Crippen LogP contribution >= 0.6 is 11.6 Å². The van der Waals surface area contributed by atoms with Crippen molar-refractivity contribution in [1.82, 2.24) is 15.1 Å². The Hall–Kier alpha value is -1.32. The number of piperidine rings is 1. The molecule has 1 N–H and O–H groups in total. The fourth-order valence-electron chi connectivity index (χ4n) is 2.46. The van der Waals surface area contributed by atoms with Crippen LogP contribution in [0.4, 0.5) is 0 Å². The molecule has 2 heterocycles. The van der Waals surface area contributed by atoms with Gasteiger partial charge in [0.15, 0.2) is 0 Å². The van der Waals surface area contributed by atoms with E-state index in [2.05, 4.69) is 34.7 Å².